The number of ether oxygens (including phenoxy) is 1. The number of nitrogens with one attached hydrogen (secondary N) is 2. The van der Waals surface area contributed by atoms with Gasteiger partial charge in [-0.05, 0) is 31.5 Å². The maximum absolute atomic E-state index is 5.40. The summed E-state index contributed by atoms with van der Waals surface area (Å²) in [5.41, 5.74) is 1.19. The van der Waals surface area contributed by atoms with Gasteiger partial charge in [-0.15, -0.1) is 10.2 Å². The summed E-state index contributed by atoms with van der Waals surface area (Å²) in [5, 5.41) is 15.2. The minimum atomic E-state index is 0.585. The van der Waals surface area contributed by atoms with Crippen LogP contribution in [0.5, 0.6) is 0 Å². The van der Waals surface area contributed by atoms with Crippen molar-refractivity contribution in [1.82, 2.24) is 34.9 Å². The van der Waals surface area contributed by atoms with E-state index in [9.17, 15) is 0 Å². The van der Waals surface area contributed by atoms with Crippen molar-refractivity contribution in [2.75, 3.05) is 39.4 Å². The van der Waals surface area contributed by atoms with Gasteiger partial charge in [0.2, 0.25) is 0 Å². The number of hydrogen-bond acceptors (Lipinski definition) is 5. The molecule has 1 saturated heterocycles. The third kappa shape index (κ3) is 6.07. The summed E-state index contributed by atoms with van der Waals surface area (Å²) in [4.78, 5) is 7.18. The second-order valence-corrected chi connectivity index (χ2v) is 7.16. The molecule has 0 spiro atoms. The predicted octanol–water partition coefficient (Wildman–Crippen LogP) is 0.420. The Kier molecular flexibility index (Phi) is 7.44. The Morgan fingerprint density at radius 1 is 1.21 bits per heavy atom. The quantitative estimate of drug-likeness (QED) is 0.387. The van der Waals surface area contributed by atoms with Crippen molar-refractivity contribution < 1.29 is 4.74 Å². The Labute approximate surface area is 166 Å². The zero-order valence-electron chi connectivity index (χ0n) is 17.2. The van der Waals surface area contributed by atoms with Gasteiger partial charge in [-0.25, -0.2) is 4.99 Å². The maximum Gasteiger partial charge on any atom is 0.191 e. The molecule has 9 nitrogen and oxygen atoms in total. The zero-order chi connectivity index (χ0) is 19.8. The Morgan fingerprint density at radius 2 is 2.04 bits per heavy atom. The van der Waals surface area contributed by atoms with Crippen LogP contribution in [-0.4, -0.2) is 69.6 Å². The van der Waals surface area contributed by atoms with Crippen molar-refractivity contribution >= 4 is 5.96 Å². The smallest absolute Gasteiger partial charge is 0.191 e. The standard InChI is InChI=1S/C19H32N8O/c1-16-23-24-18(26(16)3)14-22-19(21-13-17-5-8-25(2)15-17)20-6-4-7-27-9-11-28-12-10-27/h5,8,15H,4,6-7,9-14H2,1-3H3,(H2,20,21,22). The van der Waals surface area contributed by atoms with Gasteiger partial charge in [-0.3, -0.25) is 4.90 Å². The number of aliphatic imine (C=N–C) groups is 1. The Balaban J connectivity index is 1.51. The van der Waals surface area contributed by atoms with Gasteiger partial charge in [0.25, 0.3) is 0 Å². The molecule has 2 N–H and O–H groups in total. The first-order valence-corrected chi connectivity index (χ1v) is 9.90. The van der Waals surface area contributed by atoms with Crippen LogP contribution < -0.4 is 10.6 Å². The first-order valence-electron chi connectivity index (χ1n) is 9.90. The fourth-order valence-electron chi connectivity index (χ4n) is 3.10. The van der Waals surface area contributed by atoms with Gasteiger partial charge in [0.05, 0.1) is 26.3 Å². The van der Waals surface area contributed by atoms with E-state index in [4.69, 9.17) is 9.73 Å². The van der Waals surface area contributed by atoms with E-state index in [-0.39, 0.29) is 0 Å². The third-order valence-corrected chi connectivity index (χ3v) is 4.96. The summed E-state index contributed by atoms with van der Waals surface area (Å²) in [6.45, 7) is 8.85. The summed E-state index contributed by atoms with van der Waals surface area (Å²) < 4.78 is 9.43. The Morgan fingerprint density at radius 3 is 2.71 bits per heavy atom. The van der Waals surface area contributed by atoms with Crippen molar-refractivity contribution in [3.63, 3.8) is 0 Å². The molecule has 1 fully saturated rings. The Bertz CT molecular complexity index is 760. The van der Waals surface area contributed by atoms with Crippen LogP contribution in [0.15, 0.2) is 23.5 Å². The molecule has 3 heterocycles. The molecule has 2 aromatic heterocycles. The van der Waals surface area contributed by atoms with Crippen molar-refractivity contribution in [2.24, 2.45) is 19.1 Å². The van der Waals surface area contributed by atoms with Crippen LogP contribution in [0.2, 0.25) is 0 Å². The maximum atomic E-state index is 5.40. The fourth-order valence-corrected chi connectivity index (χ4v) is 3.10. The molecule has 28 heavy (non-hydrogen) atoms. The lowest BCUT2D eigenvalue weighted by Crippen LogP contribution is -2.40. The summed E-state index contributed by atoms with van der Waals surface area (Å²) >= 11 is 0. The SMILES string of the molecule is Cc1nnc(CNC(=NCc2ccn(C)c2)NCCCN2CCOCC2)n1C. The number of hydrogen-bond donors (Lipinski definition) is 2. The highest BCUT2D eigenvalue weighted by molar-refractivity contribution is 5.79. The third-order valence-electron chi connectivity index (χ3n) is 4.96. The summed E-state index contributed by atoms with van der Waals surface area (Å²) in [5.74, 6) is 2.59. The second-order valence-electron chi connectivity index (χ2n) is 7.16. The summed E-state index contributed by atoms with van der Waals surface area (Å²) in [7, 11) is 4.00. The molecule has 2 aromatic rings. The van der Waals surface area contributed by atoms with Crippen LogP contribution in [0.3, 0.4) is 0 Å². The number of nitrogens with zero attached hydrogens (tertiary/aromatic N) is 6. The van der Waals surface area contributed by atoms with E-state index in [1.54, 1.807) is 0 Å². The molecule has 0 bridgehead atoms. The normalized spacial score (nSPS) is 15.8. The first-order chi connectivity index (χ1) is 13.6. The predicted molar refractivity (Wildman–Crippen MR) is 109 cm³/mol. The van der Waals surface area contributed by atoms with E-state index < -0.39 is 0 Å². The molecule has 0 saturated carbocycles. The fraction of sp³-hybridized carbons (Fsp3) is 0.632. The molecule has 0 amide bonds. The lowest BCUT2D eigenvalue weighted by molar-refractivity contribution is 0.0376. The number of rotatable bonds is 8. The largest absolute Gasteiger partial charge is 0.379 e. The molecular formula is C19H32N8O. The highest BCUT2D eigenvalue weighted by Crippen LogP contribution is 2.02. The van der Waals surface area contributed by atoms with Crippen molar-refractivity contribution in [2.45, 2.75) is 26.4 Å². The van der Waals surface area contributed by atoms with Gasteiger partial charge in [-0.1, -0.05) is 0 Å². The summed E-state index contributed by atoms with van der Waals surface area (Å²) in [6.07, 6.45) is 5.19. The van der Waals surface area contributed by atoms with Crippen LogP contribution in [0.25, 0.3) is 0 Å². The van der Waals surface area contributed by atoms with E-state index in [2.05, 4.69) is 38.0 Å². The second kappa shape index (κ2) is 10.2. The molecule has 1 aliphatic heterocycles. The summed E-state index contributed by atoms with van der Waals surface area (Å²) in [6, 6.07) is 2.09. The molecule has 0 unspecified atom stereocenters. The first kappa shape index (κ1) is 20.3. The molecule has 0 radical (unpaired) electrons. The molecule has 0 aliphatic carbocycles. The van der Waals surface area contributed by atoms with Crippen LogP contribution >= 0.6 is 0 Å². The van der Waals surface area contributed by atoms with Gasteiger partial charge >= 0.3 is 0 Å². The molecule has 3 rings (SSSR count). The average molecular weight is 389 g/mol. The van der Waals surface area contributed by atoms with Gasteiger partial charge in [0, 0.05) is 46.1 Å². The van der Waals surface area contributed by atoms with Gasteiger partial charge < -0.3 is 24.5 Å². The van der Waals surface area contributed by atoms with Gasteiger partial charge in [0.15, 0.2) is 11.8 Å². The van der Waals surface area contributed by atoms with Crippen LogP contribution in [-0.2, 0) is 31.9 Å². The lowest BCUT2D eigenvalue weighted by Gasteiger charge is -2.26. The van der Waals surface area contributed by atoms with E-state index in [1.807, 2.05) is 36.4 Å². The number of aryl methyl sites for hydroxylation is 2. The van der Waals surface area contributed by atoms with Crippen LogP contribution in [0.1, 0.15) is 23.6 Å². The van der Waals surface area contributed by atoms with E-state index >= 15 is 0 Å². The molecule has 0 aromatic carbocycles. The zero-order valence-corrected chi connectivity index (χ0v) is 17.2. The molecular weight excluding hydrogens is 356 g/mol. The van der Waals surface area contributed by atoms with Crippen molar-refractivity contribution in [3.8, 4) is 0 Å². The van der Waals surface area contributed by atoms with Crippen LogP contribution in [0.4, 0.5) is 0 Å². The van der Waals surface area contributed by atoms with Crippen LogP contribution in [0, 0.1) is 6.92 Å². The molecule has 154 valence electrons. The monoisotopic (exact) mass is 388 g/mol. The topological polar surface area (TPSA) is 84.5 Å². The van der Waals surface area contributed by atoms with Gasteiger partial charge in [0.1, 0.15) is 5.82 Å². The Hall–Kier alpha value is -2.39. The van der Waals surface area contributed by atoms with Crippen molar-refractivity contribution in [3.05, 3.63) is 35.7 Å². The number of aromatic nitrogens is 4. The minimum Gasteiger partial charge on any atom is -0.379 e. The highest BCUT2D eigenvalue weighted by atomic mass is 16.5. The van der Waals surface area contributed by atoms with E-state index in [0.717, 1.165) is 63.4 Å². The number of morpholine rings is 1. The average Bonchev–Trinajstić information content (AvgIpc) is 3.27. The van der Waals surface area contributed by atoms with E-state index in [0.29, 0.717) is 13.1 Å². The van der Waals surface area contributed by atoms with Crippen molar-refractivity contribution in [1.29, 1.82) is 0 Å². The van der Waals surface area contributed by atoms with E-state index in [1.165, 1.54) is 5.56 Å². The molecule has 1 aliphatic rings. The molecule has 0 atom stereocenters. The molecule has 9 heteroatoms. The van der Waals surface area contributed by atoms with Gasteiger partial charge in [-0.2, -0.15) is 0 Å². The highest BCUT2D eigenvalue weighted by Gasteiger charge is 2.10. The minimum absolute atomic E-state index is 0.585. The lowest BCUT2D eigenvalue weighted by atomic mass is 10.3. The number of guanidine groups is 1.